The highest BCUT2D eigenvalue weighted by molar-refractivity contribution is 5.99. The number of pyridine rings is 1. The van der Waals surface area contributed by atoms with Crippen LogP contribution in [0.2, 0.25) is 0 Å². The molecule has 0 aliphatic rings. The van der Waals surface area contributed by atoms with Crippen molar-refractivity contribution in [1.29, 1.82) is 0 Å². The smallest absolute Gasteiger partial charge is 0.250 e. The summed E-state index contributed by atoms with van der Waals surface area (Å²) in [6.45, 7) is 0. The fraction of sp³-hybridized carbons (Fsp3) is 0. The molecule has 0 atom stereocenters. The van der Waals surface area contributed by atoms with E-state index in [-0.39, 0.29) is 0 Å². The Morgan fingerprint density at radius 1 is 1.22 bits per heavy atom. The maximum Gasteiger partial charge on any atom is 0.250 e. The van der Waals surface area contributed by atoms with Crippen LogP contribution >= 0.6 is 0 Å². The number of hydrogen-bond acceptors (Lipinski definition) is 2. The summed E-state index contributed by atoms with van der Waals surface area (Å²) < 4.78 is 0. The lowest BCUT2D eigenvalue weighted by Gasteiger charge is -2.05. The predicted octanol–water partition coefficient (Wildman–Crippen LogP) is 2.33. The van der Waals surface area contributed by atoms with Crippen LogP contribution < -0.4 is 5.73 Å². The van der Waals surface area contributed by atoms with Crippen molar-refractivity contribution in [2.24, 2.45) is 5.73 Å². The van der Waals surface area contributed by atoms with Gasteiger partial charge in [0.1, 0.15) is 0 Å². The minimum atomic E-state index is -0.465. The first-order valence-electron chi connectivity index (χ1n) is 5.58. The topological polar surface area (TPSA) is 71.8 Å². The van der Waals surface area contributed by atoms with Crippen LogP contribution in [-0.4, -0.2) is 15.9 Å². The predicted molar refractivity (Wildman–Crippen MR) is 70.0 cm³/mol. The van der Waals surface area contributed by atoms with Gasteiger partial charge in [-0.2, -0.15) is 0 Å². The Kier molecular flexibility index (Phi) is 2.34. The molecule has 0 bridgehead atoms. The average molecular weight is 237 g/mol. The minimum absolute atomic E-state index is 0.437. The second kappa shape index (κ2) is 4.00. The van der Waals surface area contributed by atoms with Gasteiger partial charge in [0, 0.05) is 28.9 Å². The molecule has 4 nitrogen and oxygen atoms in total. The van der Waals surface area contributed by atoms with E-state index in [2.05, 4.69) is 9.97 Å². The Morgan fingerprint density at radius 3 is 2.94 bits per heavy atom. The molecule has 0 aliphatic carbocycles. The Bertz CT molecular complexity index is 730. The van der Waals surface area contributed by atoms with Gasteiger partial charge < -0.3 is 10.7 Å². The van der Waals surface area contributed by atoms with Crippen LogP contribution in [0.5, 0.6) is 0 Å². The van der Waals surface area contributed by atoms with Crippen molar-refractivity contribution in [3.05, 3.63) is 54.4 Å². The number of carbonyl (C=O) groups is 1. The maximum absolute atomic E-state index is 11.4. The Morgan fingerprint density at radius 2 is 2.11 bits per heavy atom. The molecule has 0 spiro atoms. The van der Waals surface area contributed by atoms with E-state index < -0.39 is 5.91 Å². The van der Waals surface area contributed by atoms with E-state index in [1.165, 1.54) is 0 Å². The number of nitrogens with two attached hydrogens (primary N) is 1. The first-order chi connectivity index (χ1) is 8.75. The number of amides is 1. The molecule has 18 heavy (non-hydrogen) atoms. The van der Waals surface area contributed by atoms with E-state index in [1.807, 2.05) is 30.5 Å². The van der Waals surface area contributed by atoms with Crippen molar-refractivity contribution >= 4 is 16.8 Å². The van der Waals surface area contributed by atoms with Gasteiger partial charge >= 0.3 is 0 Å². The van der Waals surface area contributed by atoms with Crippen molar-refractivity contribution in [2.75, 3.05) is 0 Å². The highest BCUT2D eigenvalue weighted by Gasteiger charge is 2.11. The third-order valence-corrected chi connectivity index (χ3v) is 2.90. The number of hydrogen-bond donors (Lipinski definition) is 2. The highest BCUT2D eigenvalue weighted by atomic mass is 16.1. The molecule has 2 heterocycles. The molecule has 2 aromatic heterocycles. The first kappa shape index (κ1) is 10.5. The van der Waals surface area contributed by atoms with Gasteiger partial charge in [-0.1, -0.05) is 6.07 Å². The van der Waals surface area contributed by atoms with Gasteiger partial charge in [0.2, 0.25) is 0 Å². The fourth-order valence-electron chi connectivity index (χ4n) is 2.03. The number of H-pyrrole nitrogens is 1. The lowest BCUT2D eigenvalue weighted by Crippen LogP contribution is -2.12. The van der Waals surface area contributed by atoms with E-state index in [0.29, 0.717) is 11.3 Å². The molecular formula is C14H11N3O. The molecule has 0 saturated heterocycles. The van der Waals surface area contributed by atoms with Crippen LogP contribution in [0, 0.1) is 0 Å². The summed E-state index contributed by atoms with van der Waals surface area (Å²) in [5.74, 6) is -0.465. The van der Waals surface area contributed by atoms with Gasteiger partial charge in [-0.3, -0.25) is 9.78 Å². The number of fused-ring (bicyclic) bond motifs is 1. The third-order valence-electron chi connectivity index (χ3n) is 2.90. The Labute approximate surface area is 103 Å². The van der Waals surface area contributed by atoms with Gasteiger partial charge in [0.25, 0.3) is 5.91 Å². The molecule has 88 valence electrons. The summed E-state index contributed by atoms with van der Waals surface area (Å²) in [5, 5.41) is 1.08. The van der Waals surface area contributed by atoms with Gasteiger partial charge in [0.15, 0.2) is 0 Å². The van der Waals surface area contributed by atoms with Crippen molar-refractivity contribution in [2.45, 2.75) is 0 Å². The summed E-state index contributed by atoms with van der Waals surface area (Å²) in [6.07, 6.45) is 3.53. The number of nitrogens with one attached hydrogen (secondary N) is 1. The largest absolute Gasteiger partial charge is 0.366 e. The number of primary amides is 1. The van der Waals surface area contributed by atoms with E-state index in [0.717, 1.165) is 16.5 Å². The molecule has 4 heteroatoms. The molecule has 0 unspecified atom stereocenters. The van der Waals surface area contributed by atoms with Crippen LogP contribution in [-0.2, 0) is 0 Å². The van der Waals surface area contributed by atoms with E-state index in [9.17, 15) is 4.79 Å². The normalized spacial score (nSPS) is 10.7. The zero-order valence-corrected chi connectivity index (χ0v) is 9.55. The standard InChI is InChI=1S/C14H11N3O/c15-14(18)11-2-1-6-17-13(11)10-3-4-12-9(8-10)5-7-16-12/h1-8,16H,(H2,15,18). The number of aromatic amines is 1. The quantitative estimate of drug-likeness (QED) is 0.718. The monoisotopic (exact) mass is 237 g/mol. The molecule has 0 fully saturated rings. The molecule has 3 aromatic rings. The number of rotatable bonds is 2. The zero-order valence-electron chi connectivity index (χ0n) is 9.55. The van der Waals surface area contributed by atoms with Crippen molar-refractivity contribution in [1.82, 2.24) is 9.97 Å². The van der Waals surface area contributed by atoms with Crippen LogP contribution in [0.1, 0.15) is 10.4 Å². The molecule has 3 N–H and O–H groups in total. The fourth-order valence-corrected chi connectivity index (χ4v) is 2.03. The first-order valence-corrected chi connectivity index (χ1v) is 5.58. The van der Waals surface area contributed by atoms with Crippen molar-refractivity contribution in [3.63, 3.8) is 0 Å². The van der Waals surface area contributed by atoms with Crippen LogP contribution in [0.15, 0.2) is 48.8 Å². The number of nitrogens with zero attached hydrogens (tertiary/aromatic N) is 1. The van der Waals surface area contributed by atoms with Crippen LogP contribution in [0.25, 0.3) is 22.2 Å². The average Bonchev–Trinajstić information content (AvgIpc) is 2.85. The summed E-state index contributed by atoms with van der Waals surface area (Å²) >= 11 is 0. The van der Waals surface area contributed by atoms with Crippen LogP contribution in [0.3, 0.4) is 0 Å². The lowest BCUT2D eigenvalue weighted by atomic mass is 10.0. The number of aromatic nitrogens is 2. The van der Waals surface area contributed by atoms with Crippen molar-refractivity contribution in [3.8, 4) is 11.3 Å². The van der Waals surface area contributed by atoms with E-state index >= 15 is 0 Å². The van der Waals surface area contributed by atoms with Gasteiger partial charge in [0.05, 0.1) is 11.3 Å². The zero-order chi connectivity index (χ0) is 12.5. The van der Waals surface area contributed by atoms with Gasteiger partial charge in [-0.05, 0) is 30.3 Å². The Hall–Kier alpha value is -2.62. The van der Waals surface area contributed by atoms with Gasteiger partial charge in [-0.15, -0.1) is 0 Å². The van der Waals surface area contributed by atoms with E-state index in [1.54, 1.807) is 18.3 Å². The summed E-state index contributed by atoms with van der Waals surface area (Å²) in [4.78, 5) is 18.8. The summed E-state index contributed by atoms with van der Waals surface area (Å²) in [7, 11) is 0. The number of carbonyl (C=O) groups excluding carboxylic acids is 1. The molecule has 0 saturated carbocycles. The molecule has 1 amide bonds. The molecule has 3 rings (SSSR count). The summed E-state index contributed by atoms with van der Waals surface area (Å²) in [6, 6.07) is 11.2. The molecule has 1 aromatic carbocycles. The highest BCUT2D eigenvalue weighted by Crippen LogP contribution is 2.24. The molecule has 0 radical (unpaired) electrons. The second-order valence-corrected chi connectivity index (χ2v) is 4.04. The van der Waals surface area contributed by atoms with Gasteiger partial charge in [-0.25, -0.2) is 0 Å². The Balaban J connectivity index is 2.22. The maximum atomic E-state index is 11.4. The van der Waals surface area contributed by atoms with Crippen molar-refractivity contribution < 1.29 is 4.79 Å². The number of benzene rings is 1. The molecular weight excluding hydrogens is 226 g/mol. The summed E-state index contributed by atoms with van der Waals surface area (Å²) in [5.41, 5.74) is 8.35. The molecule has 0 aliphatic heterocycles. The SMILES string of the molecule is NC(=O)c1cccnc1-c1ccc2[nH]ccc2c1. The third kappa shape index (κ3) is 1.64. The van der Waals surface area contributed by atoms with E-state index in [4.69, 9.17) is 5.73 Å². The van der Waals surface area contributed by atoms with Crippen LogP contribution in [0.4, 0.5) is 0 Å². The second-order valence-electron chi connectivity index (χ2n) is 4.04. The lowest BCUT2D eigenvalue weighted by molar-refractivity contribution is 0.100. The minimum Gasteiger partial charge on any atom is -0.366 e.